The molecule has 0 aliphatic carbocycles. The van der Waals surface area contributed by atoms with Crippen molar-refractivity contribution in [3.8, 4) is 0 Å². The molecule has 0 nitrogen and oxygen atoms in total. The molecule has 1 aromatic rings. The van der Waals surface area contributed by atoms with Crippen molar-refractivity contribution in [1.29, 1.82) is 0 Å². The van der Waals surface area contributed by atoms with Crippen molar-refractivity contribution in [3.63, 3.8) is 0 Å². The summed E-state index contributed by atoms with van der Waals surface area (Å²) in [6.45, 7) is 1.05. The van der Waals surface area contributed by atoms with Crippen LogP contribution in [0.3, 0.4) is 0 Å². The molecule has 2 fully saturated rings. The van der Waals surface area contributed by atoms with Crippen molar-refractivity contribution < 1.29 is 0 Å². The predicted octanol–water partition coefficient (Wildman–Crippen LogP) is 4.83. The Morgan fingerprint density at radius 1 is 0.882 bits per heavy atom. The van der Waals surface area contributed by atoms with Gasteiger partial charge in [0.25, 0.3) is 0 Å². The third kappa shape index (κ3) is 2.59. The van der Waals surface area contributed by atoms with Crippen LogP contribution >= 0.6 is 0 Å². The normalized spacial score (nSPS) is 28.1. The Kier molecular flexibility index (Phi) is 3.54. The largest absolute Gasteiger partial charge is 0.146 e. The van der Waals surface area contributed by atoms with Gasteiger partial charge < -0.3 is 0 Å². The molecule has 2 saturated heterocycles. The van der Waals surface area contributed by atoms with Crippen LogP contribution in [-0.2, 0) is 6.42 Å². The van der Waals surface area contributed by atoms with Gasteiger partial charge in [0.2, 0.25) is 0 Å². The highest BCUT2D eigenvalue weighted by molar-refractivity contribution is 6.62. The first-order chi connectivity index (χ1) is 8.43. The predicted molar refractivity (Wildman–Crippen MR) is 75.9 cm³/mol. The van der Waals surface area contributed by atoms with Gasteiger partial charge in [0, 0.05) is 0 Å². The molecule has 0 atom stereocenters. The van der Waals surface area contributed by atoms with Crippen LogP contribution < -0.4 is 0 Å². The fraction of sp³-hybridized carbons (Fsp3) is 0.625. The summed E-state index contributed by atoms with van der Waals surface area (Å²) in [6.07, 6.45) is 11.9. The molecule has 2 heterocycles. The second kappa shape index (κ2) is 5.29. The van der Waals surface area contributed by atoms with Gasteiger partial charge in [-0.25, -0.2) is 0 Å². The highest BCUT2D eigenvalue weighted by Crippen LogP contribution is 2.47. The molecule has 2 bridgehead atoms. The van der Waals surface area contributed by atoms with E-state index in [1.165, 1.54) is 56.8 Å². The van der Waals surface area contributed by atoms with E-state index >= 15 is 0 Å². The van der Waals surface area contributed by atoms with Crippen molar-refractivity contribution in [2.24, 2.45) is 0 Å². The van der Waals surface area contributed by atoms with Crippen LogP contribution in [0.15, 0.2) is 30.3 Å². The molecule has 0 saturated carbocycles. The first-order valence-corrected chi connectivity index (χ1v) is 7.47. The Bertz CT molecular complexity index is 324. The van der Waals surface area contributed by atoms with Gasteiger partial charge in [-0.05, 0) is 12.0 Å². The van der Waals surface area contributed by atoms with E-state index in [9.17, 15) is 0 Å². The summed E-state index contributed by atoms with van der Waals surface area (Å²) >= 11 is 0. The van der Waals surface area contributed by atoms with Crippen LogP contribution in [-0.4, -0.2) is 6.71 Å². The Labute approximate surface area is 106 Å². The zero-order valence-electron chi connectivity index (χ0n) is 10.8. The van der Waals surface area contributed by atoms with Crippen LogP contribution in [0, 0.1) is 0 Å². The third-order valence-electron chi connectivity index (χ3n) is 5.12. The summed E-state index contributed by atoms with van der Waals surface area (Å²) in [5, 5.41) is 0. The average Bonchev–Trinajstić information content (AvgIpc) is 2.37. The molecule has 17 heavy (non-hydrogen) atoms. The van der Waals surface area contributed by atoms with Crippen molar-refractivity contribution in [3.05, 3.63) is 35.9 Å². The number of rotatable bonds is 3. The Balaban J connectivity index is 1.61. The number of aryl methyl sites for hydroxylation is 1. The molecule has 0 aromatic heterocycles. The van der Waals surface area contributed by atoms with Gasteiger partial charge in [0.15, 0.2) is 0 Å². The lowest BCUT2D eigenvalue weighted by Crippen LogP contribution is -2.34. The Hall–Kier alpha value is -0.715. The molecule has 1 aromatic carbocycles. The van der Waals surface area contributed by atoms with E-state index in [4.69, 9.17) is 0 Å². The lowest BCUT2D eigenvalue weighted by molar-refractivity contribution is 0.441. The van der Waals surface area contributed by atoms with E-state index in [0.717, 1.165) is 18.3 Å². The second-order valence-corrected chi connectivity index (χ2v) is 6.07. The molecule has 2 aliphatic rings. The van der Waals surface area contributed by atoms with Crippen LogP contribution in [0.4, 0.5) is 0 Å². The lowest BCUT2D eigenvalue weighted by Gasteiger charge is -2.40. The molecular weight excluding hydrogens is 203 g/mol. The maximum Gasteiger partial charge on any atom is 0.146 e. The summed E-state index contributed by atoms with van der Waals surface area (Å²) in [5.41, 5.74) is 1.54. The number of benzene rings is 1. The third-order valence-corrected chi connectivity index (χ3v) is 5.12. The van der Waals surface area contributed by atoms with Crippen LogP contribution in [0.5, 0.6) is 0 Å². The summed E-state index contributed by atoms with van der Waals surface area (Å²) in [7, 11) is 0. The minimum atomic E-state index is 1.05. The minimum Gasteiger partial charge on any atom is -0.0696 e. The van der Waals surface area contributed by atoms with E-state index < -0.39 is 0 Å². The highest BCUT2D eigenvalue weighted by atomic mass is 14.2. The first-order valence-electron chi connectivity index (χ1n) is 7.47. The van der Waals surface area contributed by atoms with Crippen molar-refractivity contribution in [2.45, 2.75) is 62.9 Å². The summed E-state index contributed by atoms with van der Waals surface area (Å²) in [6, 6.07) is 11.1. The van der Waals surface area contributed by atoms with E-state index in [1.807, 2.05) is 0 Å². The van der Waals surface area contributed by atoms with Crippen LogP contribution in [0.25, 0.3) is 0 Å². The summed E-state index contributed by atoms with van der Waals surface area (Å²) in [4.78, 5) is 0. The Morgan fingerprint density at radius 2 is 1.47 bits per heavy atom. The SMILES string of the molecule is c1ccc(CCB2C3CCCC2CCC3)cc1. The van der Waals surface area contributed by atoms with Gasteiger partial charge in [0.1, 0.15) is 6.71 Å². The molecule has 0 spiro atoms. The zero-order chi connectivity index (χ0) is 11.5. The molecule has 2 aliphatic heterocycles. The standard InChI is InChI=1S/C16H23B/c1-2-6-14(7-3-1)12-13-17-15-8-4-9-16(17)11-5-10-15/h1-3,6-7,15-16H,4-5,8-13H2. The topological polar surface area (TPSA) is 0 Å². The summed E-state index contributed by atoms with van der Waals surface area (Å²) < 4.78 is 0. The second-order valence-electron chi connectivity index (χ2n) is 6.07. The van der Waals surface area contributed by atoms with Gasteiger partial charge >= 0.3 is 0 Å². The van der Waals surface area contributed by atoms with Gasteiger partial charge in [-0.2, -0.15) is 0 Å². The van der Waals surface area contributed by atoms with E-state index in [0.29, 0.717) is 0 Å². The molecular formula is C16H23B. The molecule has 90 valence electrons. The minimum absolute atomic E-state index is 1.05. The maximum atomic E-state index is 2.29. The van der Waals surface area contributed by atoms with Gasteiger partial charge in [-0.15, -0.1) is 0 Å². The zero-order valence-corrected chi connectivity index (χ0v) is 10.8. The molecule has 3 rings (SSSR count). The molecule has 0 radical (unpaired) electrons. The number of hydrogen-bond donors (Lipinski definition) is 0. The quantitative estimate of drug-likeness (QED) is 0.647. The van der Waals surface area contributed by atoms with Crippen molar-refractivity contribution in [2.75, 3.05) is 0 Å². The highest BCUT2D eigenvalue weighted by Gasteiger charge is 2.38. The van der Waals surface area contributed by atoms with Crippen molar-refractivity contribution in [1.82, 2.24) is 0 Å². The maximum absolute atomic E-state index is 2.29. The van der Waals surface area contributed by atoms with Crippen LogP contribution in [0.1, 0.15) is 44.1 Å². The monoisotopic (exact) mass is 226 g/mol. The molecule has 0 unspecified atom stereocenters. The fourth-order valence-electron chi connectivity index (χ4n) is 4.26. The smallest absolute Gasteiger partial charge is 0.0696 e. The molecule has 0 N–H and O–H groups in total. The summed E-state index contributed by atoms with van der Waals surface area (Å²) in [5.74, 6) is 2.15. The average molecular weight is 226 g/mol. The van der Waals surface area contributed by atoms with Crippen molar-refractivity contribution >= 4 is 6.71 Å². The van der Waals surface area contributed by atoms with E-state index in [2.05, 4.69) is 30.3 Å². The van der Waals surface area contributed by atoms with Gasteiger partial charge in [0.05, 0.1) is 0 Å². The lowest BCUT2D eigenvalue weighted by atomic mass is 9.25. The van der Waals surface area contributed by atoms with Gasteiger partial charge in [-0.1, -0.05) is 86.8 Å². The molecule has 0 amide bonds. The first kappa shape index (κ1) is 11.4. The van der Waals surface area contributed by atoms with E-state index in [-0.39, 0.29) is 0 Å². The van der Waals surface area contributed by atoms with Gasteiger partial charge in [-0.3, -0.25) is 0 Å². The van der Waals surface area contributed by atoms with Crippen LogP contribution in [0.2, 0.25) is 18.0 Å². The number of hydrogen-bond acceptors (Lipinski definition) is 0. The van der Waals surface area contributed by atoms with E-state index in [1.54, 1.807) is 0 Å². The number of fused-ring (bicyclic) bond motifs is 2. The Morgan fingerprint density at radius 3 is 2.06 bits per heavy atom. The molecule has 1 heteroatoms. The fourth-order valence-corrected chi connectivity index (χ4v) is 4.26.